The van der Waals surface area contributed by atoms with E-state index < -0.39 is 15.8 Å². The normalized spacial score (nSPS) is 16.0. The lowest BCUT2D eigenvalue weighted by Gasteiger charge is -2.33. The van der Waals surface area contributed by atoms with Crippen LogP contribution < -0.4 is 5.32 Å². The van der Waals surface area contributed by atoms with Gasteiger partial charge < -0.3 is 10.2 Å². The molecule has 1 fully saturated rings. The Kier molecular flexibility index (Phi) is 6.04. The molecule has 1 aliphatic heterocycles. The van der Waals surface area contributed by atoms with Crippen LogP contribution in [0.1, 0.15) is 6.42 Å². The van der Waals surface area contributed by atoms with E-state index in [4.69, 9.17) is 0 Å². The number of carbonyl (C=O) groups is 1. The third kappa shape index (κ3) is 4.48. The van der Waals surface area contributed by atoms with Crippen LogP contribution in [-0.4, -0.2) is 65.0 Å². The molecule has 3 aromatic rings. The van der Waals surface area contributed by atoms with E-state index in [1.807, 2.05) is 4.90 Å². The Balaban J connectivity index is 1.31. The summed E-state index contributed by atoms with van der Waals surface area (Å²) in [5.74, 6) is -0.618. The van der Waals surface area contributed by atoms with Crippen molar-refractivity contribution in [1.29, 1.82) is 0 Å². The number of hydrogen-bond acceptors (Lipinski definition) is 7. The van der Waals surface area contributed by atoms with Crippen LogP contribution in [0.15, 0.2) is 47.4 Å². The van der Waals surface area contributed by atoms with Gasteiger partial charge in [0, 0.05) is 44.8 Å². The number of rotatable bonds is 6. The number of nitrogens with one attached hydrogen (secondary N) is 1. The molecule has 1 N–H and O–H groups in total. The Bertz CT molecular complexity index is 1160. The number of nitrogens with zero attached hydrogens (tertiary/aromatic N) is 4. The molecule has 0 spiro atoms. The third-order valence-electron chi connectivity index (χ3n) is 4.96. The average molecular weight is 450 g/mol. The quantitative estimate of drug-likeness (QED) is 0.620. The zero-order chi connectivity index (χ0) is 21.1. The molecule has 0 radical (unpaired) electrons. The zero-order valence-electron chi connectivity index (χ0n) is 16.0. The first-order valence-electron chi connectivity index (χ1n) is 9.43. The van der Waals surface area contributed by atoms with Gasteiger partial charge in [0.25, 0.3) is 0 Å². The molecule has 8 nitrogen and oxygen atoms in total. The van der Waals surface area contributed by atoms with E-state index >= 15 is 0 Å². The molecule has 1 aromatic heterocycles. The number of benzene rings is 2. The van der Waals surface area contributed by atoms with E-state index in [0.29, 0.717) is 49.4 Å². The van der Waals surface area contributed by atoms with Gasteiger partial charge in [-0.2, -0.15) is 13.1 Å². The van der Waals surface area contributed by atoms with Gasteiger partial charge in [0.15, 0.2) is 0 Å². The molecule has 30 heavy (non-hydrogen) atoms. The zero-order valence-corrected chi connectivity index (χ0v) is 17.6. The van der Waals surface area contributed by atoms with Crippen molar-refractivity contribution in [3.8, 4) is 0 Å². The molecule has 1 aliphatic rings. The molecule has 0 atom stereocenters. The van der Waals surface area contributed by atoms with Crippen LogP contribution >= 0.6 is 11.7 Å². The average Bonchev–Trinajstić information content (AvgIpc) is 3.21. The van der Waals surface area contributed by atoms with Crippen LogP contribution in [0.3, 0.4) is 0 Å². The number of amides is 1. The summed E-state index contributed by atoms with van der Waals surface area (Å²) in [5, 5.41) is 2.67. The van der Waals surface area contributed by atoms with E-state index in [0.717, 1.165) is 11.7 Å². The van der Waals surface area contributed by atoms with Crippen LogP contribution in [-0.2, 0) is 14.8 Å². The van der Waals surface area contributed by atoms with Gasteiger partial charge in [-0.3, -0.25) is 4.79 Å². The van der Waals surface area contributed by atoms with Gasteiger partial charge in [-0.25, -0.2) is 12.8 Å². The van der Waals surface area contributed by atoms with Crippen molar-refractivity contribution in [3.63, 3.8) is 0 Å². The van der Waals surface area contributed by atoms with Crippen molar-refractivity contribution in [3.05, 3.63) is 48.3 Å². The summed E-state index contributed by atoms with van der Waals surface area (Å²) in [6.45, 7) is 2.22. The molecule has 11 heteroatoms. The molecular formula is C19H20FN5O3S2. The van der Waals surface area contributed by atoms with E-state index in [1.165, 1.54) is 22.5 Å². The second-order valence-corrected chi connectivity index (χ2v) is 9.38. The number of fused-ring (bicyclic) bond motifs is 1. The minimum absolute atomic E-state index is 0.177. The van der Waals surface area contributed by atoms with E-state index in [1.54, 1.807) is 24.3 Å². The monoisotopic (exact) mass is 449 g/mol. The van der Waals surface area contributed by atoms with E-state index in [2.05, 4.69) is 14.1 Å². The van der Waals surface area contributed by atoms with Crippen LogP contribution in [0.5, 0.6) is 0 Å². The van der Waals surface area contributed by atoms with Gasteiger partial charge in [0.05, 0.1) is 11.7 Å². The maximum Gasteiger partial charge on any atom is 0.245 e. The van der Waals surface area contributed by atoms with Crippen LogP contribution in [0.2, 0.25) is 0 Å². The fourth-order valence-electron chi connectivity index (χ4n) is 3.37. The highest BCUT2D eigenvalue weighted by Crippen LogP contribution is 2.25. The lowest BCUT2D eigenvalue weighted by molar-refractivity contribution is -0.116. The second kappa shape index (κ2) is 8.72. The molecule has 0 bridgehead atoms. The van der Waals surface area contributed by atoms with Gasteiger partial charge in [-0.1, -0.05) is 12.1 Å². The fourth-order valence-corrected chi connectivity index (χ4v) is 5.55. The van der Waals surface area contributed by atoms with Crippen molar-refractivity contribution < 1.29 is 17.6 Å². The first-order valence-corrected chi connectivity index (χ1v) is 11.6. The first-order chi connectivity index (χ1) is 14.4. The minimum atomic E-state index is -3.66. The largest absolute Gasteiger partial charge is 0.326 e. The van der Waals surface area contributed by atoms with Crippen LogP contribution in [0.25, 0.3) is 11.0 Å². The fraction of sp³-hybridized carbons (Fsp3) is 0.316. The first kappa shape index (κ1) is 20.8. The third-order valence-corrected chi connectivity index (χ3v) is 7.43. The number of carbonyl (C=O) groups excluding carboxylic acids is 1. The summed E-state index contributed by atoms with van der Waals surface area (Å²) in [5.41, 5.74) is 1.39. The number of halogens is 1. The summed E-state index contributed by atoms with van der Waals surface area (Å²) < 4.78 is 49.0. The highest BCUT2D eigenvalue weighted by molar-refractivity contribution is 7.89. The number of piperazine rings is 1. The molecule has 0 unspecified atom stereocenters. The summed E-state index contributed by atoms with van der Waals surface area (Å²) >= 11 is 0.991. The highest BCUT2D eigenvalue weighted by atomic mass is 32.2. The number of anilines is 1. The van der Waals surface area contributed by atoms with Gasteiger partial charge in [-0.15, -0.1) is 0 Å². The van der Waals surface area contributed by atoms with Crippen molar-refractivity contribution in [2.24, 2.45) is 0 Å². The van der Waals surface area contributed by atoms with Crippen molar-refractivity contribution in [2.45, 2.75) is 11.3 Å². The van der Waals surface area contributed by atoms with E-state index in [-0.39, 0.29) is 17.2 Å². The Morgan fingerprint density at radius 1 is 1.10 bits per heavy atom. The van der Waals surface area contributed by atoms with Gasteiger partial charge in [-0.05, 0) is 30.3 Å². The number of aromatic nitrogens is 2. The molecule has 0 aliphatic carbocycles. The van der Waals surface area contributed by atoms with Crippen molar-refractivity contribution in [1.82, 2.24) is 18.0 Å². The number of hydrogen-bond donors (Lipinski definition) is 1. The molecule has 0 saturated carbocycles. The SMILES string of the molecule is O=C(CCN1CCN(S(=O)(=O)c2cccc3nsnc23)CC1)Nc1cccc(F)c1. The molecule has 158 valence electrons. The summed E-state index contributed by atoms with van der Waals surface area (Å²) in [6, 6.07) is 10.7. The lowest BCUT2D eigenvalue weighted by atomic mass is 10.2. The van der Waals surface area contributed by atoms with Gasteiger partial charge in [0.2, 0.25) is 15.9 Å². The predicted molar refractivity (Wildman–Crippen MR) is 112 cm³/mol. The van der Waals surface area contributed by atoms with Crippen molar-refractivity contribution in [2.75, 3.05) is 38.0 Å². The predicted octanol–water partition coefficient (Wildman–Crippen LogP) is 2.17. The van der Waals surface area contributed by atoms with Crippen LogP contribution in [0.4, 0.5) is 10.1 Å². The molecule has 4 rings (SSSR count). The minimum Gasteiger partial charge on any atom is -0.326 e. The molecule has 1 saturated heterocycles. The van der Waals surface area contributed by atoms with Crippen LogP contribution in [0, 0.1) is 5.82 Å². The standard InChI is InChI=1S/C19H20FN5O3S2/c20-14-3-1-4-15(13-14)21-18(26)7-8-24-9-11-25(12-10-24)30(27,28)17-6-2-5-16-19(17)23-29-22-16/h1-6,13H,7-12H2,(H,21,26). The molecule has 1 amide bonds. The van der Waals surface area contributed by atoms with Gasteiger partial charge in [0.1, 0.15) is 21.7 Å². The van der Waals surface area contributed by atoms with Gasteiger partial charge >= 0.3 is 0 Å². The molecular weight excluding hydrogens is 429 g/mol. The highest BCUT2D eigenvalue weighted by Gasteiger charge is 2.30. The maximum absolute atomic E-state index is 13.2. The Morgan fingerprint density at radius 3 is 2.63 bits per heavy atom. The Morgan fingerprint density at radius 2 is 1.87 bits per heavy atom. The van der Waals surface area contributed by atoms with E-state index in [9.17, 15) is 17.6 Å². The maximum atomic E-state index is 13.2. The van der Waals surface area contributed by atoms with Crippen molar-refractivity contribution >= 4 is 44.4 Å². The summed E-state index contributed by atoms with van der Waals surface area (Å²) in [6.07, 6.45) is 0.243. The second-order valence-electron chi connectivity index (χ2n) is 6.94. The summed E-state index contributed by atoms with van der Waals surface area (Å²) in [4.78, 5) is 14.3. The molecule has 2 heterocycles. The smallest absolute Gasteiger partial charge is 0.245 e. The number of sulfonamides is 1. The molecule has 2 aromatic carbocycles. The Labute approximate surface area is 177 Å². The lowest BCUT2D eigenvalue weighted by Crippen LogP contribution is -2.49. The Hall–Kier alpha value is -2.47. The summed E-state index contributed by atoms with van der Waals surface area (Å²) in [7, 11) is -3.66. The topological polar surface area (TPSA) is 95.5 Å².